The molecule has 0 amide bonds. The summed E-state index contributed by atoms with van der Waals surface area (Å²) >= 11 is 5.80. The van der Waals surface area contributed by atoms with Crippen LogP contribution in [0.4, 0.5) is 0 Å². The molecule has 3 nitrogen and oxygen atoms in total. The van der Waals surface area contributed by atoms with E-state index in [4.69, 9.17) is 11.6 Å². The van der Waals surface area contributed by atoms with E-state index in [1.807, 2.05) is 11.3 Å². The minimum Gasteiger partial charge on any atom is -0.299 e. The van der Waals surface area contributed by atoms with Crippen LogP contribution < -0.4 is 0 Å². The molecular formula is C7H6ClN3. The Morgan fingerprint density at radius 2 is 2.27 bits per heavy atom. The zero-order valence-corrected chi connectivity index (χ0v) is 6.71. The minimum absolute atomic E-state index is 0.494. The molecule has 0 fully saturated rings. The highest BCUT2D eigenvalue weighted by atomic mass is 35.5. The molecule has 0 aliphatic carbocycles. The molecule has 2 aromatic heterocycles. The van der Waals surface area contributed by atoms with Crippen molar-refractivity contribution in [2.45, 2.75) is 6.92 Å². The van der Waals surface area contributed by atoms with Gasteiger partial charge >= 0.3 is 0 Å². The lowest BCUT2D eigenvalue weighted by Crippen LogP contribution is -1.90. The summed E-state index contributed by atoms with van der Waals surface area (Å²) in [7, 11) is 0. The molecule has 2 aromatic rings. The van der Waals surface area contributed by atoms with Crippen LogP contribution in [0, 0.1) is 6.92 Å². The molecule has 0 radical (unpaired) electrons. The lowest BCUT2D eigenvalue weighted by Gasteiger charge is -1.98. The number of hydrogen-bond donors (Lipinski definition) is 0. The van der Waals surface area contributed by atoms with Crippen molar-refractivity contribution in [1.29, 1.82) is 0 Å². The van der Waals surface area contributed by atoms with E-state index in [2.05, 4.69) is 9.97 Å². The summed E-state index contributed by atoms with van der Waals surface area (Å²) in [5.41, 5.74) is 1.88. The fourth-order valence-electron chi connectivity index (χ4n) is 1.01. The summed E-state index contributed by atoms with van der Waals surface area (Å²) in [6.07, 6.45) is 5.14. The molecule has 0 unspecified atom stereocenters. The van der Waals surface area contributed by atoms with Crippen LogP contribution in [0.1, 0.15) is 5.69 Å². The van der Waals surface area contributed by atoms with E-state index in [1.54, 1.807) is 18.7 Å². The highest BCUT2D eigenvalue weighted by molar-refractivity contribution is 6.32. The Kier molecular flexibility index (Phi) is 1.32. The second kappa shape index (κ2) is 2.20. The van der Waals surface area contributed by atoms with Gasteiger partial charge in [-0.05, 0) is 6.92 Å². The van der Waals surface area contributed by atoms with Crippen LogP contribution in [0.5, 0.6) is 0 Å². The molecule has 0 saturated carbocycles. The highest BCUT2D eigenvalue weighted by Crippen LogP contribution is 2.14. The van der Waals surface area contributed by atoms with Crippen molar-refractivity contribution in [3.8, 4) is 0 Å². The molecule has 0 bridgehead atoms. The SMILES string of the molecule is Cc1cnc(Cl)c2cncn12. The maximum absolute atomic E-state index is 5.80. The molecule has 0 saturated heterocycles. The molecule has 2 heterocycles. The monoisotopic (exact) mass is 167 g/mol. The van der Waals surface area contributed by atoms with Gasteiger partial charge in [-0.2, -0.15) is 0 Å². The fourth-order valence-corrected chi connectivity index (χ4v) is 1.20. The van der Waals surface area contributed by atoms with Crippen molar-refractivity contribution in [2.75, 3.05) is 0 Å². The summed E-state index contributed by atoms with van der Waals surface area (Å²) in [6, 6.07) is 0. The zero-order chi connectivity index (χ0) is 7.84. The number of rotatable bonds is 0. The molecular weight excluding hydrogens is 162 g/mol. The molecule has 4 heteroatoms. The third-order valence-electron chi connectivity index (χ3n) is 1.59. The molecule has 11 heavy (non-hydrogen) atoms. The first-order valence-electron chi connectivity index (χ1n) is 3.22. The molecule has 0 aliphatic heterocycles. The van der Waals surface area contributed by atoms with Crippen molar-refractivity contribution in [3.05, 3.63) is 29.6 Å². The summed E-state index contributed by atoms with van der Waals surface area (Å²) in [5.74, 6) is 0. The maximum atomic E-state index is 5.80. The lowest BCUT2D eigenvalue weighted by atomic mass is 10.5. The third-order valence-corrected chi connectivity index (χ3v) is 1.89. The van der Waals surface area contributed by atoms with Gasteiger partial charge in [-0.15, -0.1) is 0 Å². The van der Waals surface area contributed by atoms with Crippen molar-refractivity contribution < 1.29 is 0 Å². The van der Waals surface area contributed by atoms with E-state index < -0.39 is 0 Å². The summed E-state index contributed by atoms with van der Waals surface area (Å²) < 4.78 is 1.90. The summed E-state index contributed by atoms with van der Waals surface area (Å²) in [6.45, 7) is 1.96. The Bertz CT molecular complexity index is 357. The van der Waals surface area contributed by atoms with Crippen LogP contribution in [0.2, 0.25) is 5.15 Å². The number of fused-ring (bicyclic) bond motifs is 1. The van der Waals surface area contributed by atoms with Crippen LogP contribution in [0.3, 0.4) is 0 Å². The van der Waals surface area contributed by atoms with Gasteiger partial charge in [-0.1, -0.05) is 11.6 Å². The first kappa shape index (κ1) is 6.61. The topological polar surface area (TPSA) is 30.2 Å². The van der Waals surface area contributed by atoms with E-state index in [1.165, 1.54) is 0 Å². The van der Waals surface area contributed by atoms with Crippen LogP contribution in [0.15, 0.2) is 18.7 Å². The number of imidazole rings is 1. The average molecular weight is 168 g/mol. The van der Waals surface area contributed by atoms with E-state index in [0.29, 0.717) is 5.15 Å². The lowest BCUT2D eigenvalue weighted by molar-refractivity contribution is 1.04. The fraction of sp³-hybridized carbons (Fsp3) is 0.143. The van der Waals surface area contributed by atoms with Crippen molar-refractivity contribution in [3.63, 3.8) is 0 Å². The van der Waals surface area contributed by atoms with Gasteiger partial charge in [0.2, 0.25) is 0 Å². The van der Waals surface area contributed by atoms with E-state index in [0.717, 1.165) is 11.2 Å². The Morgan fingerprint density at radius 3 is 3.00 bits per heavy atom. The number of aryl methyl sites for hydroxylation is 1. The Labute approximate surface area is 68.7 Å². The standard InChI is InChI=1S/C7H6ClN3/c1-5-2-10-7(8)6-3-9-4-11(5)6/h2-4H,1H3. The smallest absolute Gasteiger partial charge is 0.154 e. The Balaban J connectivity index is 2.96. The molecule has 56 valence electrons. The second-order valence-electron chi connectivity index (χ2n) is 2.34. The Hall–Kier alpha value is -1.09. The summed E-state index contributed by atoms with van der Waals surface area (Å²) in [5, 5.41) is 0.494. The normalized spacial score (nSPS) is 10.7. The van der Waals surface area contributed by atoms with Crippen LogP contribution in [-0.4, -0.2) is 14.4 Å². The van der Waals surface area contributed by atoms with E-state index >= 15 is 0 Å². The maximum Gasteiger partial charge on any atom is 0.154 e. The van der Waals surface area contributed by atoms with Gasteiger partial charge in [0.15, 0.2) is 5.15 Å². The van der Waals surface area contributed by atoms with Crippen LogP contribution >= 0.6 is 11.6 Å². The minimum atomic E-state index is 0.494. The van der Waals surface area contributed by atoms with Gasteiger partial charge < -0.3 is 0 Å². The molecule has 0 atom stereocenters. The quantitative estimate of drug-likeness (QED) is 0.598. The summed E-state index contributed by atoms with van der Waals surface area (Å²) in [4.78, 5) is 7.95. The average Bonchev–Trinajstić information content (AvgIpc) is 2.45. The predicted molar refractivity (Wildman–Crippen MR) is 42.7 cm³/mol. The van der Waals surface area contributed by atoms with Gasteiger partial charge in [0.1, 0.15) is 5.52 Å². The molecule has 2 rings (SSSR count). The van der Waals surface area contributed by atoms with E-state index in [9.17, 15) is 0 Å². The molecule has 0 aromatic carbocycles. The van der Waals surface area contributed by atoms with Crippen LogP contribution in [0.25, 0.3) is 5.52 Å². The van der Waals surface area contributed by atoms with E-state index in [-0.39, 0.29) is 0 Å². The van der Waals surface area contributed by atoms with Crippen LogP contribution in [-0.2, 0) is 0 Å². The van der Waals surface area contributed by atoms with Crippen molar-refractivity contribution >= 4 is 17.1 Å². The van der Waals surface area contributed by atoms with Gasteiger partial charge in [0, 0.05) is 11.9 Å². The second-order valence-corrected chi connectivity index (χ2v) is 2.70. The van der Waals surface area contributed by atoms with Gasteiger partial charge in [0.05, 0.1) is 12.5 Å². The Morgan fingerprint density at radius 1 is 1.45 bits per heavy atom. The highest BCUT2D eigenvalue weighted by Gasteiger charge is 2.00. The van der Waals surface area contributed by atoms with Crippen molar-refractivity contribution in [1.82, 2.24) is 14.4 Å². The third kappa shape index (κ3) is 0.886. The molecule has 0 spiro atoms. The largest absolute Gasteiger partial charge is 0.299 e. The first-order chi connectivity index (χ1) is 5.29. The number of halogens is 1. The molecule has 0 N–H and O–H groups in total. The number of nitrogens with zero attached hydrogens (tertiary/aromatic N) is 3. The van der Waals surface area contributed by atoms with Gasteiger partial charge in [0.25, 0.3) is 0 Å². The number of aromatic nitrogens is 3. The zero-order valence-electron chi connectivity index (χ0n) is 5.95. The van der Waals surface area contributed by atoms with Crippen molar-refractivity contribution in [2.24, 2.45) is 0 Å². The molecule has 0 aliphatic rings. The predicted octanol–water partition coefficient (Wildman–Crippen LogP) is 1.69. The first-order valence-corrected chi connectivity index (χ1v) is 3.60. The number of hydrogen-bond acceptors (Lipinski definition) is 2. The van der Waals surface area contributed by atoms with Gasteiger partial charge in [-0.3, -0.25) is 4.40 Å². The van der Waals surface area contributed by atoms with Gasteiger partial charge in [-0.25, -0.2) is 9.97 Å².